The van der Waals surface area contributed by atoms with Gasteiger partial charge in [-0.3, -0.25) is 9.89 Å². The summed E-state index contributed by atoms with van der Waals surface area (Å²) in [7, 11) is 1.95. The third-order valence-corrected chi connectivity index (χ3v) is 7.81. The third-order valence-electron chi connectivity index (χ3n) is 7.81. The van der Waals surface area contributed by atoms with Gasteiger partial charge in [-0.15, -0.1) is 24.0 Å². The number of hydrogen-bond donors (Lipinski definition) is 1. The Morgan fingerprint density at radius 1 is 1.07 bits per heavy atom. The molecule has 4 atom stereocenters. The van der Waals surface area contributed by atoms with E-state index in [-0.39, 0.29) is 24.0 Å². The molecule has 154 valence electrons. The molecule has 0 amide bonds. The second-order valence-corrected chi connectivity index (χ2v) is 8.89. The number of fused-ring (bicyclic) bond motifs is 2. The van der Waals surface area contributed by atoms with Gasteiger partial charge in [0.05, 0.1) is 19.3 Å². The van der Waals surface area contributed by atoms with E-state index < -0.39 is 0 Å². The topological polar surface area (TPSA) is 49.3 Å². The molecule has 5 rings (SSSR count). The Kier molecular flexibility index (Phi) is 6.21. The molecule has 7 heteroatoms. The number of ether oxygens (including phenoxy) is 2. The maximum absolute atomic E-state index is 6.15. The summed E-state index contributed by atoms with van der Waals surface area (Å²) < 4.78 is 11.7. The van der Waals surface area contributed by atoms with E-state index in [0.717, 1.165) is 52.0 Å². The van der Waals surface area contributed by atoms with Gasteiger partial charge < -0.3 is 19.7 Å². The Bertz CT molecular complexity index is 548. The molecule has 0 aromatic heterocycles. The van der Waals surface area contributed by atoms with Crippen molar-refractivity contribution >= 4 is 29.9 Å². The zero-order valence-corrected chi connectivity index (χ0v) is 18.9. The first-order chi connectivity index (χ1) is 12.8. The largest absolute Gasteiger partial charge is 0.379 e. The van der Waals surface area contributed by atoms with E-state index in [4.69, 9.17) is 9.47 Å². The average molecular weight is 490 g/mol. The number of nitrogens with zero attached hydrogens (tertiary/aromatic N) is 3. The van der Waals surface area contributed by atoms with Gasteiger partial charge in [-0.1, -0.05) is 12.8 Å². The van der Waals surface area contributed by atoms with Crippen LogP contribution < -0.4 is 5.32 Å². The van der Waals surface area contributed by atoms with Gasteiger partial charge in [0.25, 0.3) is 0 Å². The zero-order valence-electron chi connectivity index (χ0n) is 16.6. The molecule has 27 heavy (non-hydrogen) atoms. The highest BCUT2D eigenvalue weighted by Gasteiger charge is 2.65. The van der Waals surface area contributed by atoms with Gasteiger partial charge >= 0.3 is 0 Å². The predicted molar refractivity (Wildman–Crippen MR) is 117 cm³/mol. The lowest BCUT2D eigenvalue weighted by Crippen LogP contribution is -2.69. The van der Waals surface area contributed by atoms with Crippen molar-refractivity contribution < 1.29 is 9.47 Å². The Hall–Kier alpha value is -0.120. The molecule has 2 aliphatic carbocycles. The fraction of sp³-hybridized carbons (Fsp3) is 0.950. The van der Waals surface area contributed by atoms with E-state index in [9.17, 15) is 0 Å². The monoisotopic (exact) mass is 490 g/mol. The van der Waals surface area contributed by atoms with E-state index in [0.29, 0.717) is 29.5 Å². The number of aliphatic imine (C=N–C) groups is 1. The lowest BCUT2D eigenvalue weighted by atomic mass is 9.54. The van der Waals surface area contributed by atoms with Crippen LogP contribution in [0.5, 0.6) is 0 Å². The van der Waals surface area contributed by atoms with Gasteiger partial charge in [-0.25, -0.2) is 0 Å². The fourth-order valence-corrected chi connectivity index (χ4v) is 6.52. The minimum absolute atomic E-state index is 0. The van der Waals surface area contributed by atoms with Crippen LogP contribution in [0.1, 0.15) is 38.5 Å². The standard InChI is InChI=1S/C20H34N4O2.HI/c1-21-19(24-8-4-15(14-24)23-9-12-25-13-10-23)22-17-16-5-11-26-18(16)20(17)6-2-3-7-20;/h15-18H,2-14H2,1H3,(H,21,22);1H. The molecule has 6 nitrogen and oxygen atoms in total. The second-order valence-electron chi connectivity index (χ2n) is 8.89. The van der Waals surface area contributed by atoms with Crippen LogP contribution in [-0.4, -0.2) is 87.0 Å². The summed E-state index contributed by atoms with van der Waals surface area (Å²) in [5.41, 5.74) is 0.389. The van der Waals surface area contributed by atoms with Gasteiger partial charge in [-0.2, -0.15) is 0 Å². The minimum Gasteiger partial charge on any atom is -0.379 e. The maximum Gasteiger partial charge on any atom is 0.193 e. The number of halogens is 1. The summed E-state index contributed by atoms with van der Waals surface area (Å²) in [6.45, 7) is 7.11. The van der Waals surface area contributed by atoms with Crippen LogP contribution in [0.2, 0.25) is 0 Å². The lowest BCUT2D eigenvalue weighted by molar-refractivity contribution is -0.125. The molecule has 0 radical (unpaired) electrons. The van der Waals surface area contributed by atoms with Gasteiger partial charge in [0, 0.05) is 63.3 Å². The Balaban J connectivity index is 0.00000180. The summed E-state index contributed by atoms with van der Waals surface area (Å²) in [6, 6.07) is 1.22. The van der Waals surface area contributed by atoms with Gasteiger partial charge in [0.2, 0.25) is 0 Å². The maximum atomic E-state index is 6.15. The number of rotatable bonds is 2. The lowest BCUT2D eigenvalue weighted by Gasteiger charge is -2.57. The van der Waals surface area contributed by atoms with Crippen molar-refractivity contribution in [2.75, 3.05) is 53.0 Å². The molecular formula is C20H35IN4O2. The number of hydrogen-bond acceptors (Lipinski definition) is 4. The number of nitrogens with one attached hydrogen (secondary N) is 1. The molecule has 0 aromatic carbocycles. The molecule has 4 unspecified atom stereocenters. The zero-order chi connectivity index (χ0) is 17.6. The van der Waals surface area contributed by atoms with Crippen LogP contribution in [-0.2, 0) is 9.47 Å². The second kappa shape index (κ2) is 8.32. The quantitative estimate of drug-likeness (QED) is 0.364. The molecule has 2 saturated carbocycles. The van der Waals surface area contributed by atoms with Crippen molar-refractivity contribution in [2.45, 2.75) is 56.7 Å². The Labute approximate surface area is 180 Å². The van der Waals surface area contributed by atoms with Crippen molar-refractivity contribution in [3.63, 3.8) is 0 Å². The van der Waals surface area contributed by atoms with Crippen molar-refractivity contribution in [1.29, 1.82) is 0 Å². The van der Waals surface area contributed by atoms with E-state index in [2.05, 4.69) is 20.1 Å². The normalized spacial score (nSPS) is 38.6. The van der Waals surface area contributed by atoms with Crippen molar-refractivity contribution in [1.82, 2.24) is 15.1 Å². The fourth-order valence-electron chi connectivity index (χ4n) is 6.52. The van der Waals surface area contributed by atoms with Crippen molar-refractivity contribution in [3.05, 3.63) is 0 Å². The number of likely N-dealkylation sites (tertiary alicyclic amines) is 1. The minimum atomic E-state index is 0. The van der Waals surface area contributed by atoms with E-state index in [1.54, 1.807) is 0 Å². The highest BCUT2D eigenvalue weighted by Crippen LogP contribution is 2.60. The van der Waals surface area contributed by atoms with Gasteiger partial charge in [-0.05, 0) is 25.7 Å². The van der Waals surface area contributed by atoms with Crippen molar-refractivity contribution in [2.24, 2.45) is 16.3 Å². The van der Waals surface area contributed by atoms with Crippen LogP contribution in [0.15, 0.2) is 4.99 Å². The first kappa shape index (κ1) is 20.2. The summed E-state index contributed by atoms with van der Waals surface area (Å²) in [5.74, 6) is 1.82. The molecule has 3 saturated heterocycles. The van der Waals surface area contributed by atoms with Gasteiger partial charge in [0.15, 0.2) is 5.96 Å². The summed E-state index contributed by atoms with van der Waals surface area (Å²) in [4.78, 5) is 9.79. The SMILES string of the molecule is CN=C(NC1C2CCOC2C12CCCC2)N1CCC(N2CCOCC2)C1.I. The Morgan fingerprint density at radius 3 is 2.59 bits per heavy atom. The third kappa shape index (κ3) is 3.40. The molecule has 0 bridgehead atoms. The van der Waals surface area contributed by atoms with E-state index in [1.807, 2.05) is 7.05 Å². The average Bonchev–Trinajstić information content (AvgIpc) is 3.43. The van der Waals surface area contributed by atoms with Gasteiger partial charge in [0.1, 0.15) is 0 Å². The summed E-state index contributed by atoms with van der Waals surface area (Å²) >= 11 is 0. The summed E-state index contributed by atoms with van der Waals surface area (Å²) in [6.07, 6.45) is 8.38. The molecule has 1 N–H and O–H groups in total. The Morgan fingerprint density at radius 2 is 1.85 bits per heavy atom. The molecule has 5 fully saturated rings. The summed E-state index contributed by atoms with van der Waals surface area (Å²) in [5, 5.41) is 3.93. The van der Waals surface area contributed by atoms with E-state index in [1.165, 1.54) is 38.5 Å². The van der Waals surface area contributed by atoms with Crippen LogP contribution in [0.3, 0.4) is 0 Å². The molecule has 0 aromatic rings. The highest BCUT2D eigenvalue weighted by molar-refractivity contribution is 14.0. The smallest absolute Gasteiger partial charge is 0.193 e. The molecule has 5 aliphatic rings. The molecular weight excluding hydrogens is 455 g/mol. The van der Waals surface area contributed by atoms with Crippen molar-refractivity contribution in [3.8, 4) is 0 Å². The van der Waals surface area contributed by atoms with Crippen LogP contribution in [0.25, 0.3) is 0 Å². The highest BCUT2D eigenvalue weighted by atomic mass is 127. The predicted octanol–water partition coefficient (Wildman–Crippen LogP) is 1.93. The first-order valence-electron chi connectivity index (χ1n) is 10.7. The number of guanidine groups is 1. The van der Waals surface area contributed by atoms with Crippen LogP contribution in [0.4, 0.5) is 0 Å². The molecule has 1 spiro atoms. The first-order valence-corrected chi connectivity index (χ1v) is 10.7. The van der Waals surface area contributed by atoms with Crippen LogP contribution >= 0.6 is 24.0 Å². The number of morpholine rings is 1. The van der Waals surface area contributed by atoms with Crippen LogP contribution in [0, 0.1) is 11.3 Å². The molecule has 3 heterocycles. The molecule has 3 aliphatic heterocycles. The van der Waals surface area contributed by atoms with E-state index >= 15 is 0 Å².